The molecule has 6 nitrogen and oxygen atoms in total. The minimum Gasteiger partial charge on any atom is -0.354 e. The van der Waals surface area contributed by atoms with E-state index in [9.17, 15) is 4.79 Å². The summed E-state index contributed by atoms with van der Waals surface area (Å²) in [6, 6.07) is 5.94. The predicted molar refractivity (Wildman–Crippen MR) is 88.4 cm³/mol. The molecule has 3 heterocycles. The van der Waals surface area contributed by atoms with Crippen LogP contribution in [-0.2, 0) is 4.79 Å². The van der Waals surface area contributed by atoms with Crippen molar-refractivity contribution in [1.29, 1.82) is 0 Å². The number of thiazole rings is 1. The number of pyridine rings is 1. The van der Waals surface area contributed by atoms with E-state index in [2.05, 4.69) is 25.1 Å². The number of anilines is 2. The van der Waals surface area contributed by atoms with E-state index < -0.39 is 0 Å². The zero-order chi connectivity index (χ0) is 15.4. The normalized spacial score (nSPS) is 15.8. The summed E-state index contributed by atoms with van der Waals surface area (Å²) in [5.74, 6) is 1.03. The number of hydrogen-bond donors (Lipinski definition) is 1. The van der Waals surface area contributed by atoms with Crippen molar-refractivity contribution in [2.24, 2.45) is 0 Å². The number of nitrogens with zero attached hydrogens (tertiary/aromatic N) is 4. The van der Waals surface area contributed by atoms with Crippen molar-refractivity contribution in [2.75, 3.05) is 42.9 Å². The van der Waals surface area contributed by atoms with Gasteiger partial charge in [0, 0.05) is 32.4 Å². The van der Waals surface area contributed by atoms with E-state index in [1.54, 1.807) is 6.20 Å². The first kappa shape index (κ1) is 14.9. The Morgan fingerprint density at radius 3 is 2.73 bits per heavy atom. The molecule has 0 saturated carbocycles. The second kappa shape index (κ2) is 6.85. The third-order valence-corrected chi connectivity index (χ3v) is 4.42. The average Bonchev–Trinajstić information content (AvgIpc) is 2.94. The Morgan fingerprint density at radius 2 is 2.09 bits per heavy atom. The number of carbonyl (C=O) groups excluding carboxylic acids is 1. The average molecular weight is 317 g/mol. The van der Waals surface area contributed by atoms with Gasteiger partial charge in [0.1, 0.15) is 10.8 Å². The molecule has 0 aromatic carbocycles. The lowest BCUT2D eigenvalue weighted by Gasteiger charge is -2.34. The molecular formula is C15H19N5OS. The third-order valence-electron chi connectivity index (χ3n) is 3.60. The predicted octanol–water partition coefficient (Wildman–Crippen LogP) is 1.61. The highest BCUT2D eigenvalue weighted by Gasteiger charge is 2.19. The smallest absolute Gasteiger partial charge is 0.239 e. The van der Waals surface area contributed by atoms with Crippen molar-refractivity contribution in [3.8, 4) is 0 Å². The molecule has 2 aromatic rings. The number of aryl methyl sites for hydroxylation is 1. The summed E-state index contributed by atoms with van der Waals surface area (Å²) in [6.45, 7) is 5.87. The Morgan fingerprint density at radius 1 is 1.27 bits per heavy atom. The Balaban J connectivity index is 1.46. The van der Waals surface area contributed by atoms with Gasteiger partial charge in [0.05, 0.1) is 17.7 Å². The Kier molecular flexibility index (Phi) is 4.65. The molecule has 1 aliphatic rings. The number of rotatable bonds is 4. The highest BCUT2D eigenvalue weighted by atomic mass is 32.1. The molecule has 0 atom stereocenters. The number of aromatic nitrogens is 2. The molecule has 1 saturated heterocycles. The summed E-state index contributed by atoms with van der Waals surface area (Å²) in [5.41, 5.74) is 0. The lowest BCUT2D eigenvalue weighted by molar-refractivity contribution is -0.117. The van der Waals surface area contributed by atoms with Gasteiger partial charge in [0.25, 0.3) is 0 Å². The highest BCUT2D eigenvalue weighted by Crippen LogP contribution is 2.17. The molecule has 0 aliphatic carbocycles. The van der Waals surface area contributed by atoms with E-state index in [4.69, 9.17) is 0 Å². The van der Waals surface area contributed by atoms with Gasteiger partial charge in [0.2, 0.25) is 5.91 Å². The topological polar surface area (TPSA) is 61.4 Å². The standard InChI is InChI=1S/C15H19N5OS/c1-12-17-10-15(22-12)18-14(21)11-19-6-8-20(9-7-19)13-4-2-3-5-16-13/h2-5,10H,6-9,11H2,1H3,(H,18,21). The van der Waals surface area contributed by atoms with Crippen LogP contribution < -0.4 is 10.2 Å². The van der Waals surface area contributed by atoms with Gasteiger partial charge in [-0.3, -0.25) is 9.69 Å². The van der Waals surface area contributed by atoms with E-state index in [0.717, 1.165) is 42.0 Å². The van der Waals surface area contributed by atoms with Crippen molar-refractivity contribution in [2.45, 2.75) is 6.92 Å². The first-order valence-corrected chi connectivity index (χ1v) is 8.13. The molecule has 1 aliphatic heterocycles. The molecule has 0 spiro atoms. The van der Waals surface area contributed by atoms with Gasteiger partial charge in [-0.15, -0.1) is 11.3 Å². The molecular weight excluding hydrogens is 298 g/mol. The summed E-state index contributed by atoms with van der Waals surface area (Å²) in [6.07, 6.45) is 3.52. The zero-order valence-electron chi connectivity index (χ0n) is 12.5. The number of hydrogen-bond acceptors (Lipinski definition) is 6. The molecule has 0 radical (unpaired) electrons. The zero-order valence-corrected chi connectivity index (χ0v) is 13.3. The van der Waals surface area contributed by atoms with Crippen molar-refractivity contribution in [3.63, 3.8) is 0 Å². The number of carbonyl (C=O) groups is 1. The summed E-state index contributed by atoms with van der Waals surface area (Å²) >= 11 is 1.50. The highest BCUT2D eigenvalue weighted by molar-refractivity contribution is 7.15. The van der Waals surface area contributed by atoms with Gasteiger partial charge in [-0.1, -0.05) is 6.07 Å². The van der Waals surface area contributed by atoms with Crippen LogP contribution in [-0.4, -0.2) is 53.5 Å². The van der Waals surface area contributed by atoms with Crippen LogP contribution in [0.2, 0.25) is 0 Å². The quantitative estimate of drug-likeness (QED) is 0.928. The van der Waals surface area contributed by atoms with Crippen LogP contribution >= 0.6 is 11.3 Å². The van der Waals surface area contributed by atoms with Gasteiger partial charge < -0.3 is 10.2 Å². The van der Waals surface area contributed by atoms with Crippen LogP contribution in [0.15, 0.2) is 30.6 Å². The van der Waals surface area contributed by atoms with Gasteiger partial charge in [0.15, 0.2) is 0 Å². The van der Waals surface area contributed by atoms with E-state index in [1.807, 2.05) is 31.3 Å². The second-order valence-corrected chi connectivity index (χ2v) is 6.48. The Labute approximate surface area is 133 Å². The Hall–Kier alpha value is -1.99. The van der Waals surface area contributed by atoms with Crippen molar-refractivity contribution in [1.82, 2.24) is 14.9 Å². The fraction of sp³-hybridized carbons (Fsp3) is 0.400. The van der Waals surface area contributed by atoms with E-state index in [0.29, 0.717) is 6.54 Å². The van der Waals surface area contributed by atoms with Crippen molar-refractivity contribution >= 4 is 28.1 Å². The van der Waals surface area contributed by atoms with Gasteiger partial charge in [-0.25, -0.2) is 9.97 Å². The largest absolute Gasteiger partial charge is 0.354 e. The summed E-state index contributed by atoms with van der Waals surface area (Å²) in [5, 5.41) is 4.67. The van der Waals surface area contributed by atoms with E-state index >= 15 is 0 Å². The third kappa shape index (κ3) is 3.80. The molecule has 2 aromatic heterocycles. The summed E-state index contributed by atoms with van der Waals surface area (Å²) in [7, 11) is 0. The maximum atomic E-state index is 12.0. The fourth-order valence-electron chi connectivity index (χ4n) is 2.48. The van der Waals surface area contributed by atoms with E-state index in [1.165, 1.54) is 11.3 Å². The lowest BCUT2D eigenvalue weighted by atomic mass is 10.3. The molecule has 22 heavy (non-hydrogen) atoms. The number of amides is 1. The lowest BCUT2D eigenvalue weighted by Crippen LogP contribution is -2.48. The molecule has 3 rings (SSSR count). The molecule has 1 N–H and O–H groups in total. The molecule has 1 amide bonds. The summed E-state index contributed by atoms with van der Waals surface area (Å²) in [4.78, 5) is 25.0. The van der Waals surface area contributed by atoms with Crippen LogP contribution in [0.1, 0.15) is 5.01 Å². The Bertz CT molecular complexity index is 622. The first-order chi connectivity index (χ1) is 10.7. The van der Waals surface area contributed by atoms with Gasteiger partial charge in [-0.05, 0) is 19.1 Å². The fourth-order valence-corrected chi connectivity index (χ4v) is 3.17. The van der Waals surface area contributed by atoms with Crippen molar-refractivity contribution < 1.29 is 4.79 Å². The molecule has 116 valence electrons. The van der Waals surface area contributed by atoms with Gasteiger partial charge in [-0.2, -0.15) is 0 Å². The first-order valence-electron chi connectivity index (χ1n) is 7.31. The SMILES string of the molecule is Cc1ncc(NC(=O)CN2CCN(c3ccccn3)CC2)s1. The number of nitrogens with one attached hydrogen (secondary N) is 1. The van der Waals surface area contributed by atoms with Crippen molar-refractivity contribution in [3.05, 3.63) is 35.6 Å². The molecule has 1 fully saturated rings. The van der Waals surface area contributed by atoms with Gasteiger partial charge >= 0.3 is 0 Å². The van der Waals surface area contributed by atoms with Crippen LogP contribution in [0.4, 0.5) is 10.8 Å². The summed E-state index contributed by atoms with van der Waals surface area (Å²) < 4.78 is 0. The minimum atomic E-state index is 0.0231. The van der Waals surface area contributed by atoms with Crippen LogP contribution in [0.5, 0.6) is 0 Å². The van der Waals surface area contributed by atoms with E-state index in [-0.39, 0.29) is 5.91 Å². The number of piperazine rings is 1. The molecule has 0 unspecified atom stereocenters. The molecule has 0 bridgehead atoms. The van der Waals surface area contributed by atoms with Crippen LogP contribution in [0.3, 0.4) is 0 Å². The maximum Gasteiger partial charge on any atom is 0.239 e. The van der Waals surface area contributed by atoms with Crippen LogP contribution in [0, 0.1) is 6.92 Å². The van der Waals surface area contributed by atoms with Crippen LogP contribution in [0.25, 0.3) is 0 Å². The minimum absolute atomic E-state index is 0.0231. The second-order valence-electron chi connectivity index (χ2n) is 5.24. The monoisotopic (exact) mass is 317 g/mol. The maximum absolute atomic E-state index is 12.0. The molecule has 7 heteroatoms.